The molecule has 9 heteroatoms. The van der Waals surface area contributed by atoms with E-state index in [1.165, 1.54) is 36.5 Å². The fraction of sp³-hybridized carbons (Fsp3) is 0. The summed E-state index contributed by atoms with van der Waals surface area (Å²) in [5.74, 6) is -0.786. The number of nitrogens with zero attached hydrogens (tertiary/aromatic N) is 2. The number of hydrogen-bond donors (Lipinski definition) is 3. The number of hydrogen-bond acceptors (Lipinski definition) is 6. The van der Waals surface area contributed by atoms with Crippen LogP contribution in [0.25, 0.3) is 0 Å². The molecule has 0 saturated heterocycles. The van der Waals surface area contributed by atoms with Crippen molar-refractivity contribution >= 4 is 40.3 Å². The van der Waals surface area contributed by atoms with E-state index < -0.39 is 10.8 Å². The standard InChI is InChI=1S/C16H12ClN5O3/c17-12-7-11(5-6-13(12)19)20-9-10(8-18)16(23)21-14-3-1-2-4-15(14)22(24)25/h1-7,9,20H,19H2,(H,21,23)/b10-9-. The van der Waals surface area contributed by atoms with Crippen LogP contribution in [0.4, 0.5) is 22.7 Å². The molecule has 0 aliphatic rings. The summed E-state index contributed by atoms with van der Waals surface area (Å²) in [7, 11) is 0. The molecule has 1 amide bonds. The predicted molar refractivity (Wildman–Crippen MR) is 94.9 cm³/mol. The summed E-state index contributed by atoms with van der Waals surface area (Å²) in [5.41, 5.74) is 5.96. The van der Waals surface area contributed by atoms with Gasteiger partial charge in [-0.25, -0.2) is 0 Å². The molecular formula is C16H12ClN5O3. The highest BCUT2D eigenvalue weighted by molar-refractivity contribution is 6.33. The minimum atomic E-state index is -0.786. The quantitative estimate of drug-likeness (QED) is 0.247. The molecule has 2 aromatic carbocycles. The summed E-state index contributed by atoms with van der Waals surface area (Å²) in [6.07, 6.45) is 1.17. The number of carbonyl (C=O) groups is 1. The number of nitro groups is 1. The van der Waals surface area contributed by atoms with Crippen LogP contribution in [0.3, 0.4) is 0 Å². The second-order valence-electron chi connectivity index (χ2n) is 4.78. The molecule has 0 aromatic heterocycles. The number of halogens is 1. The Hall–Kier alpha value is -3.57. The van der Waals surface area contributed by atoms with E-state index >= 15 is 0 Å². The number of nitro benzene ring substituents is 1. The molecule has 0 unspecified atom stereocenters. The zero-order chi connectivity index (χ0) is 18.4. The van der Waals surface area contributed by atoms with E-state index in [1.54, 1.807) is 18.2 Å². The lowest BCUT2D eigenvalue weighted by atomic mass is 10.2. The van der Waals surface area contributed by atoms with Gasteiger partial charge in [0.05, 0.1) is 15.6 Å². The Kier molecular flexibility index (Phi) is 5.55. The maximum Gasteiger partial charge on any atom is 0.292 e. The zero-order valence-electron chi connectivity index (χ0n) is 12.7. The highest BCUT2D eigenvalue weighted by Gasteiger charge is 2.17. The highest BCUT2D eigenvalue weighted by Crippen LogP contribution is 2.24. The van der Waals surface area contributed by atoms with Crippen molar-refractivity contribution in [3.05, 3.63) is 69.4 Å². The number of nitrogens with one attached hydrogen (secondary N) is 2. The third-order valence-electron chi connectivity index (χ3n) is 3.10. The Morgan fingerprint density at radius 1 is 1.32 bits per heavy atom. The van der Waals surface area contributed by atoms with Crippen molar-refractivity contribution in [3.63, 3.8) is 0 Å². The van der Waals surface area contributed by atoms with Crippen LogP contribution in [0.5, 0.6) is 0 Å². The van der Waals surface area contributed by atoms with Gasteiger partial charge in [0.15, 0.2) is 0 Å². The van der Waals surface area contributed by atoms with Gasteiger partial charge in [-0.2, -0.15) is 5.26 Å². The maximum absolute atomic E-state index is 12.2. The number of anilines is 3. The van der Waals surface area contributed by atoms with E-state index in [0.717, 1.165) is 0 Å². The second-order valence-corrected chi connectivity index (χ2v) is 5.19. The maximum atomic E-state index is 12.2. The lowest BCUT2D eigenvalue weighted by Crippen LogP contribution is -2.15. The van der Waals surface area contributed by atoms with Crippen LogP contribution in [0.2, 0.25) is 5.02 Å². The number of amides is 1. The third kappa shape index (κ3) is 4.46. The van der Waals surface area contributed by atoms with Crippen molar-refractivity contribution in [2.24, 2.45) is 0 Å². The fourth-order valence-electron chi connectivity index (χ4n) is 1.85. The first-order valence-corrected chi connectivity index (χ1v) is 7.26. The topological polar surface area (TPSA) is 134 Å². The Morgan fingerprint density at radius 3 is 2.68 bits per heavy atom. The van der Waals surface area contributed by atoms with Crippen molar-refractivity contribution in [1.82, 2.24) is 0 Å². The monoisotopic (exact) mass is 357 g/mol. The van der Waals surface area contributed by atoms with E-state index in [9.17, 15) is 14.9 Å². The molecule has 0 radical (unpaired) electrons. The minimum Gasteiger partial charge on any atom is -0.398 e. The molecule has 0 aliphatic carbocycles. The summed E-state index contributed by atoms with van der Waals surface area (Å²) in [6, 6.07) is 12.1. The largest absolute Gasteiger partial charge is 0.398 e. The first kappa shape index (κ1) is 17.8. The van der Waals surface area contributed by atoms with E-state index in [0.29, 0.717) is 16.4 Å². The van der Waals surface area contributed by atoms with Crippen molar-refractivity contribution in [1.29, 1.82) is 5.26 Å². The smallest absolute Gasteiger partial charge is 0.292 e. The van der Waals surface area contributed by atoms with E-state index in [1.807, 2.05) is 0 Å². The highest BCUT2D eigenvalue weighted by atomic mass is 35.5. The summed E-state index contributed by atoms with van der Waals surface area (Å²) in [6.45, 7) is 0. The Labute approximate surface area is 147 Å². The average molecular weight is 358 g/mol. The van der Waals surface area contributed by atoms with Crippen LogP contribution in [0.15, 0.2) is 54.2 Å². The molecule has 2 rings (SSSR count). The molecule has 0 fully saturated rings. The van der Waals surface area contributed by atoms with Gasteiger partial charge in [-0.1, -0.05) is 23.7 Å². The molecule has 0 heterocycles. The Morgan fingerprint density at radius 2 is 2.04 bits per heavy atom. The van der Waals surface area contributed by atoms with Crippen molar-refractivity contribution in [2.75, 3.05) is 16.4 Å². The molecule has 0 saturated carbocycles. The Balaban J connectivity index is 2.17. The van der Waals surface area contributed by atoms with Crippen molar-refractivity contribution < 1.29 is 9.72 Å². The number of rotatable bonds is 5. The van der Waals surface area contributed by atoms with Gasteiger partial charge < -0.3 is 16.4 Å². The van der Waals surface area contributed by atoms with E-state index in [2.05, 4.69) is 10.6 Å². The molecule has 0 atom stereocenters. The zero-order valence-corrected chi connectivity index (χ0v) is 13.4. The molecule has 0 spiro atoms. The molecule has 4 N–H and O–H groups in total. The molecule has 0 bridgehead atoms. The molecule has 25 heavy (non-hydrogen) atoms. The number of para-hydroxylation sites is 2. The summed E-state index contributed by atoms with van der Waals surface area (Å²) in [4.78, 5) is 22.5. The van der Waals surface area contributed by atoms with Gasteiger partial charge in [-0.3, -0.25) is 14.9 Å². The van der Waals surface area contributed by atoms with Crippen LogP contribution in [-0.4, -0.2) is 10.8 Å². The first-order valence-electron chi connectivity index (χ1n) is 6.89. The molecule has 0 aliphatic heterocycles. The van der Waals surface area contributed by atoms with Gasteiger partial charge in [0.2, 0.25) is 0 Å². The van der Waals surface area contributed by atoms with Crippen LogP contribution in [0, 0.1) is 21.4 Å². The van der Waals surface area contributed by atoms with Crippen molar-refractivity contribution in [2.45, 2.75) is 0 Å². The molecule has 126 valence electrons. The molecule has 8 nitrogen and oxygen atoms in total. The minimum absolute atomic E-state index is 0.00539. The van der Waals surface area contributed by atoms with Gasteiger partial charge in [0.1, 0.15) is 17.3 Å². The first-order chi connectivity index (χ1) is 11.9. The average Bonchev–Trinajstić information content (AvgIpc) is 2.58. The van der Waals surface area contributed by atoms with E-state index in [4.69, 9.17) is 22.6 Å². The lowest BCUT2D eigenvalue weighted by Gasteiger charge is -2.06. The van der Waals surface area contributed by atoms with Gasteiger partial charge in [0.25, 0.3) is 11.6 Å². The number of carbonyl (C=O) groups excluding carboxylic acids is 1. The number of benzene rings is 2. The molecule has 2 aromatic rings. The summed E-state index contributed by atoms with van der Waals surface area (Å²) < 4.78 is 0. The summed E-state index contributed by atoms with van der Waals surface area (Å²) in [5, 5.41) is 25.5. The Bertz CT molecular complexity index is 905. The van der Waals surface area contributed by atoms with Gasteiger partial charge in [0, 0.05) is 18.0 Å². The van der Waals surface area contributed by atoms with Crippen LogP contribution in [-0.2, 0) is 4.79 Å². The molecular weight excluding hydrogens is 346 g/mol. The van der Waals surface area contributed by atoms with Gasteiger partial charge in [-0.05, 0) is 24.3 Å². The number of nitriles is 1. The van der Waals surface area contributed by atoms with Crippen LogP contribution >= 0.6 is 11.6 Å². The number of nitrogens with two attached hydrogens (primary N) is 1. The second kappa shape index (κ2) is 7.81. The SMILES string of the molecule is N#C/C(=C/Nc1ccc(N)c(Cl)c1)C(=O)Nc1ccccc1[N+](=O)[O-]. The summed E-state index contributed by atoms with van der Waals surface area (Å²) >= 11 is 5.89. The van der Waals surface area contributed by atoms with Crippen LogP contribution < -0.4 is 16.4 Å². The van der Waals surface area contributed by atoms with Crippen LogP contribution in [0.1, 0.15) is 0 Å². The predicted octanol–water partition coefficient (Wildman–Crippen LogP) is 3.29. The van der Waals surface area contributed by atoms with Gasteiger partial charge in [-0.15, -0.1) is 0 Å². The van der Waals surface area contributed by atoms with E-state index in [-0.39, 0.29) is 16.9 Å². The van der Waals surface area contributed by atoms with Gasteiger partial charge >= 0.3 is 0 Å². The normalized spacial score (nSPS) is 10.6. The number of nitrogen functional groups attached to an aromatic ring is 1. The third-order valence-corrected chi connectivity index (χ3v) is 3.42. The lowest BCUT2D eigenvalue weighted by molar-refractivity contribution is -0.383. The van der Waals surface area contributed by atoms with Crippen molar-refractivity contribution in [3.8, 4) is 6.07 Å². The fourth-order valence-corrected chi connectivity index (χ4v) is 2.03.